The number of para-hydroxylation sites is 1. The number of carbonyl (C=O) groups is 3. The Morgan fingerprint density at radius 3 is 2.54 bits per heavy atom. The van der Waals surface area contributed by atoms with Gasteiger partial charge in [0.15, 0.2) is 0 Å². The Labute approximate surface area is 202 Å². The Morgan fingerprint density at radius 2 is 1.80 bits per heavy atom. The first kappa shape index (κ1) is 22.0. The monoisotopic (exact) mass is 474 g/mol. The molecule has 0 radical (unpaired) electrons. The van der Waals surface area contributed by atoms with Gasteiger partial charge in [0.25, 0.3) is 0 Å². The van der Waals surface area contributed by atoms with Gasteiger partial charge in [0.2, 0.25) is 5.91 Å². The Morgan fingerprint density at radius 1 is 1.03 bits per heavy atom. The second kappa shape index (κ2) is 8.03. The van der Waals surface area contributed by atoms with Crippen LogP contribution in [0.15, 0.2) is 48.2 Å². The van der Waals surface area contributed by atoms with Crippen molar-refractivity contribution in [2.24, 2.45) is 0 Å². The Bertz CT molecular complexity index is 1290. The van der Waals surface area contributed by atoms with Gasteiger partial charge in [0, 0.05) is 18.2 Å². The molecule has 1 spiro atoms. The van der Waals surface area contributed by atoms with Crippen molar-refractivity contribution in [3.8, 4) is 0 Å². The smallest absolute Gasteiger partial charge is 0.338 e. The molecule has 1 atom stereocenters. The lowest BCUT2D eigenvalue weighted by Gasteiger charge is -2.39. The fourth-order valence-electron chi connectivity index (χ4n) is 5.96. The summed E-state index contributed by atoms with van der Waals surface area (Å²) in [5.41, 5.74) is 4.86. The van der Waals surface area contributed by atoms with Gasteiger partial charge in [-0.1, -0.05) is 24.3 Å². The van der Waals surface area contributed by atoms with Crippen molar-refractivity contribution >= 4 is 23.5 Å². The van der Waals surface area contributed by atoms with E-state index in [9.17, 15) is 19.5 Å². The molecule has 0 bridgehead atoms. The molecule has 1 N–H and O–H groups in total. The molecule has 2 aromatic rings. The van der Waals surface area contributed by atoms with Crippen molar-refractivity contribution in [1.82, 2.24) is 4.90 Å². The maximum Gasteiger partial charge on any atom is 0.338 e. The van der Waals surface area contributed by atoms with Gasteiger partial charge in [-0.15, -0.1) is 0 Å². The second-order valence-electron chi connectivity index (χ2n) is 9.68. The Kier molecular flexibility index (Phi) is 5.05. The summed E-state index contributed by atoms with van der Waals surface area (Å²) in [4.78, 5) is 41.1. The lowest BCUT2D eigenvalue weighted by Crippen LogP contribution is -2.49. The molecule has 2 aromatic carbocycles. The van der Waals surface area contributed by atoms with Gasteiger partial charge in [0.05, 0.1) is 28.5 Å². The van der Waals surface area contributed by atoms with E-state index >= 15 is 0 Å². The van der Waals surface area contributed by atoms with Gasteiger partial charge in [-0.05, 0) is 61.7 Å². The van der Waals surface area contributed by atoms with Crippen molar-refractivity contribution < 1.29 is 29.0 Å². The molecule has 8 nitrogen and oxygen atoms in total. The number of nitrogens with zero attached hydrogens (tertiary/aromatic N) is 2. The number of aliphatic hydroxyl groups is 1. The Hall–Kier alpha value is -3.49. The molecule has 1 amide bonds. The first-order chi connectivity index (χ1) is 16.9. The number of piperidine rings is 1. The number of hydrogen-bond donors (Lipinski definition) is 1. The van der Waals surface area contributed by atoms with Crippen molar-refractivity contribution in [2.75, 3.05) is 31.1 Å². The number of anilines is 1. The van der Waals surface area contributed by atoms with Crippen LogP contribution in [-0.4, -0.2) is 54.1 Å². The van der Waals surface area contributed by atoms with Gasteiger partial charge < -0.3 is 19.5 Å². The number of rotatable bonds is 4. The number of esters is 2. The van der Waals surface area contributed by atoms with E-state index in [1.54, 1.807) is 11.0 Å². The van der Waals surface area contributed by atoms with Gasteiger partial charge in [0.1, 0.15) is 13.2 Å². The highest BCUT2D eigenvalue weighted by Gasteiger charge is 2.53. The molecule has 4 heterocycles. The van der Waals surface area contributed by atoms with Crippen LogP contribution in [0.4, 0.5) is 5.69 Å². The van der Waals surface area contributed by atoms with Crippen LogP contribution in [0.3, 0.4) is 0 Å². The minimum Gasteiger partial charge on any atom is -0.457 e. The second-order valence-corrected chi connectivity index (χ2v) is 9.68. The van der Waals surface area contributed by atoms with Crippen LogP contribution in [-0.2, 0) is 31.1 Å². The zero-order chi connectivity index (χ0) is 24.3. The summed E-state index contributed by atoms with van der Waals surface area (Å²) >= 11 is 0. The molecule has 1 saturated heterocycles. The summed E-state index contributed by atoms with van der Waals surface area (Å²) in [6.07, 6.45) is 1.94. The van der Waals surface area contributed by atoms with E-state index < -0.39 is 17.5 Å². The SMILES string of the molecule is Cc1c(C(O)CN2CCC3(CC2)C(=O)N(C2=CC(=O)OC2)c2ccccc23)ccc2c1COC2=O. The number of ether oxygens (including phenoxy) is 2. The van der Waals surface area contributed by atoms with Gasteiger partial charge in [-0.25, -0.2) is 9.59 Å². The van der Waals surface area contributed by atoms with Crippen LogP contribution in [0.5, 0.6) is 0 Å². The molecule has 4 aliphatic rings. The Balaban J connectivity index is 1.20. The molecule has 6 rings (SSSR count). The fourth-order valence-corrected chi connectivity index (χ4v) is 5.96. The molecule has 35 heavy (non-hydrogen) atoms. The molecular weight excluding hydrogens is 448 g/mol. The molecule has 0 saturated carbocycles. The number of carbonyl (C=O) groups excluding carboxylic acids is 3. The summed E-state index contributed by atoms with van der Waals surface area (Å²) in [7, 11) is 0. The first-order valence-electron chi connectivity index (χ1n) is 11.9. The van der Waals surface area contributed by atoms with Crippen molar-refractivity contribution in [2.45, 2.75) is 37.9 Å². The van der Waals surface area contributed by atoms with E-state index in [0.717, 1.165) is 27.9 Å². The highest BCUT2D eigenvalue weighted by Crippen LogP contribution is 2.49. The van der Waals surface area contributed by atoms with Crippen LogP contribution < -0.4 is 4.90 Å². The third kappa shape index (κ3) is 3.31. The maximum absolute atomic E-state index is 13.8. The summed E-state index contributed by atoms with van der Waals surface area (Å²) in [5, 5.41) is 11.0. The summed E-state index contributed by atoms with van der Waals surface area (Å²) in [5.74, 6) is -0.749. The zero-order valence-corrected chi connectivity index (χ0v) is 19.5. The number of likely N-dealkylation sites (tertiary alicyclic amines) is 1. The van der Waals surface area contributed by atoms with E-state index in [4.69, 9.17) is 9.47 Å². The molecule has 0 aromatic heterocycles. The van der Waals surface area contributed by atoms with E-state index in [-0.39, 0.29) is 25.1 Å². The first-order valence-corrected chi connectivity index (χ1v) is 11.9. The number of cyclic esters (lactones) is 2. The maximum atomic E-state index is 13.8. The van der Waals surface area contributed by atoms with E-state index in [1.165, 1.54) is 6.08 Å². The zero-order valence-electron chi connectivity index (χ0n) is 19.5. The molecule has 180 valence electrons. The topological polar surface area (TPSA) is 96.4 Å². The number of fused-ring (bicyclic) bond motifs is 3. The largest absolute Gasteiger partial charge is 0.457 e. The van der Waals surface area contributed by atoms with Crippen LogP contribution in [0, 0.1) is 6.92 Å². The predicted molar refractivity (Wildman–Crippen MR) is 126 cm³/mol. The average molecular weight is 475 g/mol. The minimum absolute atomic E-state index is 0.0115. The lowest BCUT2D eigenvalue weighted by molar-refractivity contribution is -0.135. The average Bonchev–Trinajstić information content (AvgIpc) is 3.52. The normalized spacial score (nSPS) is 21.6. The van der Waals surface area contributed by atoms with Gasteiger partial charge in [-0.2, -0.15) is 0 Å². The van der Waals surface area contributed by atoms with E-state index in [2.05, 4.69) is 4.90 Å². The molecular formula is C27H26N2O6. The standard InChI is InChI=1S/C27H26N2O6/c1-16-18(6-7-19-20(16)15-35-25(19)32)23(30)13-28-10-8-27(9-11-28)21-4-2-3-5-22(21)29(26(27)33)17-12-24(31)34-14-17/h2-7,12,23,30H,8-11,13-15H2,1H3. The summed E-state index contributed by atoms with van der Waals surface area (Å²) < 4.78 is 10.2. The third-order valence-corrected chi connectivity index (χ3v) is 7.91. The van der Waals surface area contributed by atoms with Crippen molar-refractivity contribution in [3.63, 3.8) is 0 Å². The highest BCUT2D eigenvalue weighted by atomic mass is 16.5. The molecule has 8 heteroatoms. The number of amides is 1. The quantitative estimate of drug-likeness (QED) is 0.681. The number of hydrogen-bond acceptors (Lipinski definition) is 7. The predicted octanol–water partition coefficient (Wildman–Crippen LogP) is 2.52. The number of β-amino-alcohol motifs (C(OH)–C–C–N with tert-alkyl or cyclic N) is 1. The molecule has 0 aliphatic carbocycles. The van der Waals surface area contributed by atoms with Crippen molar-refractivity contribution in [3.05, 3.63) is 76.0 Å². The number of aliphatic hydroxyl groups excluding tert-OH is 1. The summed E-state index contributed by atoms with van der Waals surface area (Å²) in [6, 6.07) is 11.3. The molecule has 4 aliphatic heterocycles. The minimum atomic E-state index is -0.708. The van der Waals surface area contributed by atoms with E-state index in [0.29, 0.717) is 43.7 Å². The lowest BCUT2D eigenvalue weighted by atomic mass is 9.73. The van der Waals surface area contributed by atoms with Crippen molar-refractivity contribution in [1.29, 1.82) is 0 Å². The summed E-state index contributed by atoms with van der Waals surface area (Å²) in [6.45, 7) is 4.02. The van der Waals surface area contributed by atoms with Crippen LogP contribution in [0.2, 0.25) is 0 Å². The van der Waals surface area contributed by atoms with Gasteiger partial charge >= 0.3 is 11.9 Å². The molecule has 1 unspecified atom stereocenters. The highest BCUT2D eigenvalue weighted by molar-refractivity contribution is 6.11. The van der Waals surface area contributed by atoms with Crippen LogP contribution >= 0.6 is 0 Å². The molecule has 1 fully saturated rings. The third-order valence-electron chi connectivity index (χ3n) is 7.91. The van der Waals surface area contributed by atoms with E-state index in [1.807, 2.05) is 37.3 Å². The van der Waals surface area contributed by atoms with Gasteiger partial charge in [-0.3, -0.25) is 9.69 Å². The fraction of sp³-hybridized carbons (Fsp3) is 0.370. The van der Waals surface area contributed by atoms with Crippen LogP contribution in [0.1, 0.15) is 51.6 Å². The number of benzene rings is 2. The van der Waals surface area contributed by atoms with Crippen LogP contribution in [0.25, 0.3) is 0 Å².